The van der Waals surface area contributed by atoms with Crippen LogP contribution in [0.1, 0.15) is 13.3 Å². The number of alkyl halides is 7. The Morgan fingerprint density at radius 3 is 1.60 bits per heavy atom. The van der Waals surface area contributed by atoms with Gasteiger partial charge in [-0.25, -0.2) is 0 Å². The number of hydrogen-bond donors (Lipinski definition) is 1. The van der Waals surface area contributed by atoms with Crippen molar-refractivity contribution < 1.29 is 30.7 Å². The van der Waals surface area contributed by atoms with Gasteiger partial charge in [0.15, 0.2) is 0 Å². The molecule has 1 nitrogen and oxygen atoms in total. The largest absolute Gasteiger partial charge is 0.459 e. The van der Waals surface area contributed by atoms with Crippen molar-refractivity contribution in [3.63, 3.8) is 0 Å². The van der Waals surface area contributed by atoms with Crippen molar-refractivity contribution >= 4 is 0 Å². The van der Waals surface area contributed by atoms with E-state index in [0.29, 0.717) is 0 Å². The third-order valence-corrected chi connectivity index (χ3v) is 2.06. The Kier molecular flexibility index (Phi) is 4.00. The Balaban J connectivity index is 5.16. The minimum absolute atomic E-state index is 0.560. The molecule has 0 rings (SSSR count). The standard InChI is InChI=1S/C7H10F7N/c1-2-4(3-15)5(8,9)6(10,11)7(12,13)14/h4H,2-3,15H2,1H3. The molecule has 0 heterocycles. The van der Waals surface area contributed by atoms with Crippen LogP contribution in [-0.4, -0.2) is 24.6 Å². The van der Waals surface area contributed by atoms with E-state index in [-0.39, 0.29) is 0 Å². The number of rotatable bonds is 4. The predicted molar refractivity (Wildman–Crippen MR) is 38.8 cm³/mol. The molecular weight excluding hydrogens is 231 g/mol. The summed E-state index contributed by atoms with van der Waals surface area (Å²) in [6, 6.07) is 0. The molecule has 0 saturated heterocycles. The van der Waals surface area contributed by atoms with Gasteiger partial charge in [-0.1, -0.05) is 6.92 Å². The van der Waals surface area contributed by atoms with Crippen LogP contribution < -0.4 is 5.73 Å². The molecule has 0 saturated carbocycles. The van der Waals surface area contributed by atoms with Crippen LogP contribution in [0, 0.1) is 5.92 Å². The smallest absolute Gasteiger partial charge is 0.330 e. The Morgan fingerprint density at radius 2 is 1.40 bits per heavy atom. The zero-order valence-electron chi connectivity index (χ0n) is 7.71. The minimum atomic E-state index is -6.28. The maximum atomic E-state index is 12.8. The van der Waals surface area contributed by atoms with E-state index < -0.39 is 36.9 Å². The summed E-state index contributed by atoms with van der Waals surface area (Å²) in [7, 11) is 0. The summed E-state index contributed by atoms with van der Waals surface area (Å²) in [5, 5.41) is 0. The Bertz CT molecular complexity index is 206. The molecule has 2 N–H and O–H groups in total. The zero-order chi connectivity index (χ0) is 12.5. The molecule has 0 aliphatic rings. The fourth-order valence-corrected chi connectivity index (χ4v) is 1.02. The van der Waals surface area contributed by atoms with Gasteiger partial charge in [0.2, 0.25) is 0 Å². The molecule has 0 aromatic heterocycles. The molecule has 0 aliphatic heterocycles. The van der Waals surface area contributed by atoms with Crippen LogP contribution in [0.3, 0.4) is 0 Å². The van der Waals surface area contributed by atoms with Crippen molar-refractivity contribution in [2.75, 3.05) is 6.54 Å². The second-order valence-corrected chi connectivity index (χ2v) is 3.04. The summed E-state index contributed by atoms with van der Waals surface area (Å²) in [4.78, 5) is 0. The van der Waals surface area contributed by atoms with Crippen LogP contribution in [0.5, 0.6) is 0 Å². The number of nitrogens with two attached hydrogens (primary N) is 1. The van der Waals surface area contributed by atoms with E-state index in [9.17, 15) is 30.7 Å². The lowest BCUT2D eigenvalue weighted by molar-refractivity contribution is -0.365. The maximum absolute atomic E-state index is 12.8. The molecule has 92 valence electrons. The summed E-state index contributed by atoms with van der Waals surface area (Å²) in [5.74, 6) is -13.4. The van der Waals surface area contributed by atoms with Crippen molar-refractivity contribution in [3.05, 3.63) is 0 Å². The second-order valence-electron chi connectivity index (χ2n) is 3.04. The van der Waals surface area contributed by atoms with Crippen LogP contribution >= 0.6 is 0 Å². The molecule has 1 atom stereocenters. The fraction of sp³-hybridized carbons (Fsp3) is 1.00. The minimum Gasteiger partial charge on any atom is -0.330 e. The van der Waals surface area contributed by atoms with E-state index in [1.165, 1.54) is 0 Å². The first kappa shape index (κ1) is 14.5. The summed E-state index contributed by atoms with van der Waals surface area (Å²) in [5.41, 5.74) is 4.73. The van der Waals surface area contributed by atoms with Crippen molar-refractivity contribution in [2.24, 2.45) is 11.7 Å². The highest BCUT2D eigenvalue weighted by Crippen LogP contribution is 2.50. The first-order chi connectivity index (χ1) is 6.52. The van der Waals surface area contributed by atoms with Crippen molar-refractivity contribution in [3.8, 4) is 0 Å². The zero-order valence-corrected chi connectivity index (χ0v) is 7.71. The molecule has 0 aliphatic carbocycles. The fourth-order valence-electron chi connectivity index (χ4n) is 1.02. The van der Waals surface area contributed by atoms with E-state index in [4.69, 9.17) is 5.73 Å². The maximum Gasteiger partial charge on any atom is 0.459 e. The highest BCUT2D eigenvalue weighted by atomic mass is 19.4. The molecule has 0 amide bonds. The van der Waals surface area contributed by atoms with Gasteiger partial charge in [0, 0.05) is 12.5 Å². The van der Waals surface area contributed by atoms with Crippen LogP contribution in [0.25, 0.3) is 0 Å². The van der Waals surface area contributed by atoms with Gasteiger partial charge in [0.05, 0.1) is 0 Å². The molecule has 0 aromatic carbocycles. The summed E-state index contributed by atoms with van der Waals surface area (Å²) < 4.78 is 85.5. The Hall–Kier alpha value is -0.530. The van der Waals surface area contributed by atoms with Crippen LogP contribution in [0.4, 0.5) is 30.7 Å². The lowest BCUT2D eigenvalue weighted by Gasteiger charge is -2.33. The molecule has 15 heavy (non-hydrogen) atoms. The molecule has 8 heteroatoms. The molecule has 0 radical (unpaired) electrons. The number of hydrogen-bond acceptors (Lipinski definition) is 1. The van der Waals surface area contributed by atoms with E-state index in [1.807, 2.05) is 0 Å². The van der Waals surface area contributed by atoms with Crippen LogP contribution in [-0.2, 0) is 0 Å². The summed E-state index contributed by atoms with van der Waals surface area (Å²) in [6.07, 6.45) is -6.84. The normalized spacial score (nSPS) is 16.6. The van der Waals surface area contributed by atoms with E-state index >= 15 is 0 Å². The third kappa shape index (κ3) is 2.35. The average molecular weight is 241 g/mol. The molecule has 0 aromatic rings. The summed E-state index contributed by atoms with van der Waals surface area (Å²) >= 11 is 0. The van der Waals surface area contributed by atoms with Gasteiger partial charge in [0.1, 0.15) is 0 Å². The monoisotopic (exact) mass is 241 g/mol. The van der Waals surface area contributed by atoms with Gasteiger partial charge in [-0.3, -0.25) is 0 Å². The molecule has 0 fully saturated rings. The topological polar surface area (TPSA) is 26.0 Å². The Morgan fingerprint density at radius 1 is 1.00 bits per heavy atom. The molecule has 1 unspecified atom stereocenters. The van der Waals surface area contributed by atoms with Gasteiger partial charge in [0.25, 0.3) is 0 Å². The second kappa shape index (κ2) is 4.15. The predicted octanol–water partition coefficient (Wildman–Crippen LogP) is 2.80. The van der Waals surface area contributed by atoms with Crippen LogP contribution in [0.2, 0.25) is 0 Å². The van der Waals surface area contributed by atoms with Crippen molar-refractivity contribution in [1.82, 2.24) is 0 Å². The van der Waals surface area contributed by atoms with E-state index in [1.54, 1.807) is 0 Å². The molecule has 0 bridgehead atoms. The first-order valence-corrected chi connectivity index (χ1v) is 4.04. The lowest BCUT2D eigenvalue weighted by Crippen LogP contribution is -2.56. The highest BCUT2D eigenvalue weighted by molar-refractivity contribution is 4.95. The summed E-state index contributed by atoms with van der Waals surface area (Å²) in [6.45, 7) is 0.132. The van der Waals surface area contributed by atoms with Crippen LogP contribution in [0.15, 0.2) is 0 Å². The molecule has 0 spiro atoms. The van der Waals surface area contributed by atoms with Crippen molar-refractivity contribution in [1.29, 1.82) is 0 Å². The third-order valence-electron chi connectivity index (χ3n) is 2.06. The lowest BCUT2D eigenvalue weighted by atomic mass is 9.93. The van der Waals surface area contributed by atoms with Gasteiger partial charge < -0.3 is 5.73 Å². The molecular formula is C7H10F7N. The van der Waals surface area contributed by atoms with Gasteiger partial charge >= 0.3 is 18.0 Å². The average Bonchev–Trinajstić information content (AvgIpc) is 2.03. The van der Waals surface area contributed by atoms with Gasteiger partial charge in [-0.05, 0) is 6.42 Å². The highest BCUT2D eigenvalue weighted by Gasteiger charge is 2.74. The van der Waals surface area contributed by atoms with Gasteiger partial charge in [-0.2, -0.15) is 30.7 Å². The number of halogens is 7. The van der Waals surface area contributed by atoms with Crippen molar-refractivity contribution in [2.45, 2.75) is 31.4 Å². The van der Waals surface area contributed by atoms with E-state index in [0.717, 1.165) is 6.92 Å². The quantitative estimate of drug-likeness (QED) is 0.752. The Labute approximate surface area is 81.4 Å². The van der Waals surface area contributed by atoms with Gasteiger partial charge in [-0.15, -0.1) is 0 Å². The SMILES string of the molecule is CCC(CN)C(F)(F)C(F)(F)C(F)(F)F. The first-order valence-electron chi connectivity index (χ1n) is 4.04. The van der Waals surface area contributed by atoms with E-state index in [2.05, 4.69) is 0 Å².